The molecule has 1 nitrogen and oxygen atoms in total. The molecule has 0 bridgehead atoms. The lowest BCUT2D eigenvalue weighted by Crippen LogP contribution is -2.37. The molecule has 1 unspecified atom stereocenters. The normalized spacial score (nSPS) is 22.7. The highest BCUT2D eigenvalue weighted by atomic mass is 15.0. The van der Waals surface area contributed by atoms with Gasteiger partial charge in [-0.2, -0.15) is 0 Å². The molecule has 1 saturated heterocycles. The molecule has 0 spiro atoms. The van der Waals surface area contributed by atoms with Crippen molar-refractivity contribution in [1.29, 1.82) is 0 Å². The van der Waals surface area contributed by atoms with Crippen LogP contribution in [0.25, 0.3) is 0 Å². The van der Waals surface area contributed by atoms with Crippen LogP contribution in [0.3, 0.4) is 0 Å². The van der Waals surface area contributed by atoms with Crippen molar-refractivity contribution in [1.82, 2.24) is 5.32 Å². The first kappa shape index (κ1) is 6.86. The van der Waals surface area contributed by atoms with E-state index in [0.717, 1.165) is 13.0 Å². The minimum absolute atomic E-state index is 0.623. The van der Waals surface area contributed by atoms with Gasteiger partial charge < -0.3 is 0 Å². The van der Waals surface area contributed by atoms with E-state index in [1.807, 2.05) is 0 Å². The fraction of sp³-hybridized carbons (Fsp3) is 0.400. The quantitative estimate of drug-likeness (QED) is 0.601. The van der Waals surface area contributed by atoms with Crippen LogP contribution >= 0.6 is 0 Å². The number of hydrogen-bond donors (Lipinski definition) is 0. The van der Waals surface area contributed by atoms with E-state index in [-0.39, 0.29) is 0 Å². The van der Waals surface area contributed by atoms with Gasteiger partial charge in [-0.25, -0.2) is 5.32 Å². The summed E-state index contributed by atoms with van der Waals surface area (Å²) in [4.78, 5) is 0. The molecule has 1 fully saturated rings. The van der Waals surface area contributed by atoms with Crippen LogP contribution in [0.15, 0.2) is 30.3 Å². The molecule has 0 aliphatic carbocycles. The second-order valence-electron chi connectivity index (χ2n) is 3.04. The Balaban J connectivity index is 1.95. The number of hydrogen-bond acceptors (Lipinski definition) is 0. The van der Waals surface area contributed by atoms with Crippen molar-refractivity contribution in [3.05, 3.63) is 35.9 Å². The van der Waals surface area contributed by atoms with E-state index in [1.54, 1.807) is 0 Å². The summed E-state index contributed by atoms with van der Waals surface area (Å²) < 4.78 is 0. The molecule has 0 aromatic heterocycles. The lowest BCUT2D eigenvalue weighted by Gasteiger charge is -2.25. The number of rotatable bonds is 2. The Morgan fingerprint density at radius 2 is 2.00 bits per heavy atom. The fourth-order valence-electron chi connectivity index (χ4n) is 1.36. The van der Waals surface area contributed by atoms with Crippen molar-refractivity contribution < 1.29 is 0 Å². The molecule has 0 N–H and O–H groups in total. The molecule has 1 atom stereocenters. The molecule has 57 valence electrons. The van der Waals surface area contributed by atoms with E-state index in [2.05, 4.69) is 35.6 Å². The molecule has 1 radical (unpaired) electrons. The van der Waals surface area contributed by atoms with Crippen molar-refractivity contribution in [2.75, 3.05) is 6.54 Å². The van der Waals surface area contributed by atoms with Crippen LogP contribution in [0, 0.1) is 0 Å². The van der Waals surface area contributed by atoms with Crippen LogP contribution in [0.1, 0.15) is 12.0 Å². The maximum Gasteiger partial charge on any atom is 0.0299 e. The van der Waals surface area contributed by atoms with E-state index in [4.69, 9.17) is 0 Å². The molecule has 1 aliphatic heterocycles. The molecule has 0 saturated carbocycles. The highest BCUT2D eigenvalue weighted by Crippen LogP contribution is 2.11. The van der Waals surface area contributed by atoms with Gasteiger partial charge in [-0.05, 0) is 18.4 Å². The van der Waals surface area contributed by atoms with Crippen LogP contribution in [-0.4, -0.2) is 12.6 Å². The van der Waals surface area contributed by atoms with Gasteiger partial charge in [0.25, 0.3) is 0 Å². The topological polar surface area (TPSA) is 14.1 Å². The summed E-state index contributed by atoms with van der Waals surface area (Å²) >= 11 is 0. The summed E-state index contributed by atoms with van der Waals surface area (Å²) in [5.74, 6) is 0. The smallest absolute Gasteiger partial charge is 0.0299 e. The number of nitrogens with zero attached hydrogens (tertiary/aromatic N) is 1. The average molecular weight is 146 g/mol. The van der Waals surface area contributed by atoms with Gasteiger partial charge in [-0.15, -0.1) is 0 Å². The van der Waals surface area contributed by atoms with Crippen molar-refractivity contribution in [3.8, 4) is 0 Å². The van der Waals surface area contributed by atoms with Gasteiger partial charge in [-0.1, -0.05) is 30.3 Å². The standard InChI is InChI=1S/C10H12N/c1-2-4-9(5-3-1)8-10-6-7-11-10/h1-5,10H,6-8H2. The maximum atomic E-state index is 4.36. The maximum absolute atomic E-state index is 4.36. The van der Waals surface area contributed by atoms with E-state index >= 15 is 0 Å². The van der Waals surface area contributed by atoms with Gasteiger partial charge in [0.1, 0.15) is 0 Å². The van der Waals surface area contributed by atoms with Crippen LogP contribution in [-0.2, 0) is 6.42 Å². The van der Waals surface area contributed by atoms with E-state index in [0.29, 0.717) is 6.04 Å². The fourth-order valence-corrected chi connectivity index (χ4v) is 1.36. The van der Waals surface area contributed by atoms with Crippen LogP contribution in [0.4, 0.5) is 0 Å². The predicted octanol–water partition coefficient (Wildman–Crippen LogP) is 1.61. The van der Waals surface area contributed by atoms with Crippen molar-refractivity contribution >= 4 is 0 Å². The summed E-state index contributed by atoms with van der Waals surface area (Å²) in [7, 11) is 0. The van der Waals surface area contributed by atoms with E-state index in [9.17, 15) is 0 Å². The van der Waals surface area contributed by atoms with Crippen LogP contribution in [0.5, 0.6) is 0 Å². The highest BCUT2D eigenvalue weighted by molar-refractivity contribution is 5.16. The summed E-state index contributed by atoms with van der Waals surface area (Å²) in [6, 6.07) is 11.2. The monoisotopic (exact) mass is 146 g/mol. The van der Waals surface area contributed by atoms with Gasteiger partial charge in [0, 0.05) is 12.6 Å². The van der Waals surface area contributed by atoms with Gasteiger partial charge in [0.05, 0.1) is 0 Å². The molecule has 0 amide bonds. The largest absolute Gasteiger partial charge is 0.238 e. The van der Waals surface area contributed by atoms with Gasteiger partial charge in [0.2, 0.25) is 0 Å². The summed E-state index contributed by atoms with van der Waals surface area (Å²) in [5.41, 5.74) is 1.42. The third kappa shape index (κ3) is 1.60. The molecule has 11 heavy (non-hydrogen) atoms. The number of benzene rings is 1. The summed E-state index contributed by atoms with van der Waals surface area (Å²) in [6.45, 7) is 1.08. The van der Waals surface area contributed by atoms with E-state index in [1.165, 1.54) is 12.0 Å². The lowest BCUT2D eigenvalue weighted by atomic mass is 9.98. The molecule has 2 rings (SSSR count). The Hall–Kier alpha value is -0.820. The molecule has 1 aliphatic rings. The minimum Gasteiger partial charge on any atom is -0.238 e. The Morgan fingerprint density at radius 1 is 1.27 bits per heavy atom. The van der Waals surface area contributed by atoms with Crippen LogP contribution in [0.2, 0.25) is 0 Å². The lowest BCUT2D eigenvalue weighted by molar-refractivity contribution is 0.359. The third-order valence-corrected chi connectivity index (χ3v) is 2.16. The van der Waals surface area contributed by atoms with Gasteiger partial charge in [-0.3, -0.25) is 0 Å². The summed E-state index contributed by atoms with van der Waals surface area (Å²) in [6.07, 6.45) is 2.43. The first-order chi connectivity index (χ1) is 5.45. The first-order valence-electron chi connectivity index (χ1n) is 4.16. The van der Waals surface area contributed by atoms with Crippen molar-refractivity contribution in [2.24, 2.45) is 0 Å². The zero-order valence-electron chi connectivity index (χ0n) is 6.53. The Bertz CT molecular complexity index is 214. The SMILES string of the molecule is c1ccc(CC2CC[N]2)cc1. The molecular weight excluding hydrogens is 134 g/mol. The zero-order chi connectivity index (χ0) is 7.52. The minimum atomic E-state index is 0.623. The Kier molecular flexibility index (Phi) is 1.91. The first-order valence-corrected chi connectivity index (χ1v) is 4.16. The van der Waals surface area contributed by atoms with E-state index < -0.39 is 0 Å². The average Bonchev–Trinajstić information content (AvgIpc) is 1.99. The molecule has 1 heteroatoms. The molecular formula is C10H12N. The molecule has 1 aromatic rings. The van der Waals surface area contributed by atoms with Gasteiger partial charge >= 0.3 is 0 Å². The Labute approximate surface area is 67.4 Å². The van der Waals surface area contributed by atoms with Gasteiger partial charge in [0.15, 0.2) is 0 Å². The molecule has 1 aromatic carbocycles. The molecule has 1 heterocycles. The Morgan fingerprint density at radius 3 is 2.55 bits per heavy atom. The second-order valence-corrected chi connectivity index (χ2v) is 3.04. The zero-order valence-corrected chi connectivity index (χ0v) is 6.53. The summed E-state index contributed by atoms with van der Waals surface area (Å²) in [5, 5.41) is 4.36. The second kappa shape index (κ2) is 3.05. The predicted molar refractivity (Wildman–Crippen MR) is 45.6 cm³/mol. The van der Waals surface area contributed by atoms with Crippen LogP contribution < -0.4 is 5.32 Å². The highest BCUT2D eigenvalue weighted by Gasteiger charge is 2.17. The van der Waals surface area contributed by atoms with Crippen molar-refractivity contribution in [2.45, 2.75) is 18.9 Å². The van der Waals surface area contributed by atoms with Crippen molar-refractivity contribution in [3.63, 3.8) is 0 Å². The third-order valence-electron chi connectivity index (χ3n) is 2.16.